The summed E-state index contributed by atoms with van der Waals surface area (Å²) in [4.78, 5) is 27.6. The number of carbonyl (C=O) groups excluding carboxylic acids is 2. The van der Waals surface area contributed by atoms with E-state index in [9.17, 15) is 22.8 Å². The molecule has 1 aromatic carbocycles. The number of alkyl halides is 3. The fraction of sp³-hybridized carbons (Fsp3) is 0.278. The third-order valence-corrected chi connectivity index (χ3v) is 3.72. The van der Waals surface area contributed by atoms with E-state index in [4.69, 9.17) is 0 Å². The predicted octanol–water partition coefficient (Wildman–Crippen LogP) is 3.20. The van der Waals surface area contributed by atoms with Crippen molar-refractivity contribution in [1.29, 1.82) is 0 Å². The molecule has 1 aromatic heterocycles. The zero-order chi connectivity index (χ0) is 19.9. The Kier molecular flexibility index (Phi) is 6.75. The van der Waals surface area contributed by atoms with Crippen LogP contribution in [0.25, 0.3) is 0 Å². The van der Waals surface area contributed by atoms with Crippen LogP contribution in [0.4, 0.5) is 18.0 Å². The molecule has 6 nitrogen and oxygen atoms in total. The minimum absolute atomic E-state index is 0.0297. The van der Waals surface area contributed by atoms with Gasteiger partial charge < -0.3 is 15.4 Å². The monoisotopic (exact) mass is 381 g/mol. The van der Waals surface area contributed by atoms with Crippen molar-refractivity contribution in [2.24, 2.45) is 0 Å². The number of pyridine rings is 1. The molecule has 0 aliphatic heterocycles. The van der Waals surface area contributed by atoms with E-state index < -0.39 is 29.8 Å². The minimum Gasteiger partial charge on any atom is -0.469 e. The number of carbonyl (C=O) groups is 2. The van der Waals surface area contributed by atoms with Crippen LogP contribution in [0, 0.1) is 0 Å². The van der Waals surface area contributed by atoms with Crippen LogP contribution in [-0.4, -0.2) is 24.1 Å². The molecular weight excluding hydrogens is 363 g/mol. The standard InChI is InChI=1S/C18H18F3N3O3/c1-27-16(25)9-15(13-3-2-8-22-11-13)24-17(26)23-10-12-4-6-14(7-5-12)18(19,20)21/h2-8,11,15H,9-10H2,1H3,(H2,23,24,26). The number of hydrogen-bond acceptors (Lipinski definition) is 4. The van der Waals surface area contributed by atoms with Gasteiger partial charge in [0, 0.05) is 18.9 Å². The van der Waals surface area contributed by atoms with Crippen molar-refractivity contribution in [1.82, 2.24) is 15.6 Å². The number of ether oxygens (including phenoxy) is 1. The van der Waals surface area contributed by atoms with Crippen LogP contribution in [0.15, 0.2) is 48.8 Å². The van der Waals surface area contributed by atoms with Crippen molar-refractivity contribution in [3.8, 4) is 0 Å². The molecule has 2 rings (SSSR count). The van der Waals surface area contributed by atoms with Gasteiger partial charge >= 0.3 is 18.2 Å². The summed E-state index contributed by atoms with van der Waals surface area (Å²) >= 11 is 0. The zero-order valence-corrected chi connectivity index (χ0v) is 14.4. The molecule has 0 spiro atoms. The molecule has 1 heterocycles. The van der Waals surface area contributed by atoms with E-state index in [1.807, 2.05) is 0 Å². The second-order valence-corrected chi connectivity index (χ2v) is 5.64. The van der Waals surface area contributed by atoms with Crippen molar-refractivity contribution < 1.29 is 27.5 Å². The number of benzene rings is 1. The Balaban J connectivity index is 1.96. The van der Waals surface area contributed by atoms with Gasteiger partial charge in [-0.25, -0.2) is 4.79 Å². The molecular formula is C18H18F3N3O3. The van der Waals surface area contributed by atoms with Gasteiger partial charge in [-0.05, 0) is 29.3 Å². The van der Waals surface area contributed by atoms with Crippen LogP contribution >= 0.6 is 0 Å². The summed E-state index contributed by atoms with van der Waals surface area (Å²) in [5.41, 5.74) is 0.363. The second kappa shape index (κ2) is 9.02. The molecule has 0 bridgehead atoms. The molecule has 1 atom stereocenters. The topological polar surface area (TPSA) is 80.3 Å². The van der Waals surface area contributed by atoms with Gasteiger partial charge in [0.15, 0.2) is 0 Å². The quantitative estimate of drug-likeness (QED) is 0.753. The lowest BCUT2D eigenvalue weighted by Gasteiger charge is -2.18. The van der Waals surface area contributed by atoms with Crippen molar-refractivity contribution in [3.63, 3.8) is 0 Å². The maximum atomic E-state index is 12.5. The molecule has 27 heavy (non-hydrogen) atoms. The van der Waals surface area contributed by atoms with Crippen LogP contribution in [-0.2, 0) is 22.3 Å². The number of nitrogens with one attached hydrogen (secondary N) is 2. The molecule has 144 valence electrons. The summed E-state index contributed by atoms with van der Waals surface area (Å²) in [6.45, 7) is 0.0297. The average Bonchev–Trinajstić information content (AvgIpc) is 2.66. The summed E-state index contributed by atoms with van der Waals surface area (Å²) in [5, 5.41) is 5.18. The first-order valence-corrected chi connectivity index (χ1v) is 7.97. The molecule has 0 aliphatic rings. The Hall–Kier alpha value is -3.10. The normalized spacial score (nSPS) is 12.1. The maximum Gasteiger partial charge on any atom is 0.416 e. The fourth-order valence-electron chi connectivity index (χ4n) is 2.29. The van der Waals surface area contributed by atoms with E-state index >= 15 is 0 Å². The van der Waals surface area contributed by atoms with Crippen LogP contribution < -0.4 is 10.6 Å². The zero-order valence-electron chi connectivity index (χ0n) is 14.4. The number of rotatable bonds is 6. The molecule has 0 radical (unpaired) electrons. The second-order valence-electron chi connectivity index (χ2n) is 5.64. The first-order valence-electron chi connectivity index (χ1n) is 7.97. The number of halogens is 3. The summed E-state index contributed by atoms with van der Waals surface area (Å²) in [6, 6.07) is 6.62. The lowest BCUT2D eigenvalue weighted by Crippen LogP contribution is -2.38. The molecule has 2 amide bonds. The first-order chi connectivity index (χ1) is 12.8. The van der Waals surface area contributed by atoms with Gasteiger partial charge in [0.2, 0.25) is 0 Å². The molecule has 2 aromatic rings. The predicted molar refractivity (Wildman–Crippen MR) is 90.4 cm³/mol. The molecule has 0 aliphatic carbocycles. The van der Waals surface area contributed by atoms with Crippen molar-refractivity contribution in [2.75, 3.05) is 7.11 Å². The van der Waals surface area contributed by atoms with Crippen molar-refractivity contribution in [2.45, 2.75) is 25.2 Å². The highest BCUT2D eigenvalue weighted by molar-refractivity contribution is 5.76. The SMILES string of the molecule is COC(=O)CC(NC(=O)NCc1ccc(C(F)(F)F)cc1)c1cccnc1. The molecule has 0 fully saturated rings. The average molecular weight is 381 g/mol. The number of hydrogen-bond donors (Lipinski definition) is 2. The van der Waals surface area contributed by atoms with Crippen molar-refractivity contribution in [3.05, 3.63) is 65.5 Å². The molecule has 0 saturated carbocycles. The summed E-state index contributed by atoms with van der Waals surface area (Å²) in [7, 11) is 1.24. The largest absolute Gasteiger partial charge is 0.469 e. The van der Waals surface area contributed by atoms with Crippen LogP contribution in [0.1, 0.15) is 29.2 Å². The first kappa shape index (κ1) is 20.2. The maximum absolute atomic E-state index is 12.5. The molecule has 9 heteroatoms. The number of aromatic nitrogens is 1. The lowest BCUT2D eigenvalue weighted by atomic mass is 10.1. The van der Waals surface area contributed by atoms with Crippen LogP contribution in [0.3, 0.4) is 0 Å². The van der Waals surface area contributed by atoms with E-state index in [-0.39, 0.29) is 13.0 Å². The van der Waals surface area contributed by atoms with Crippen LogP contribution in [0.2, 0.25) is 0 Å². The van der Waals surface area contributed by atoms with E-state index in [2.05, 4.69) is 20.4 Å². The highest BCUT2D eigenvalue weighted by atomic mass is 19.4. The fourth-order valence-corrected chi connectivity index (χ4v) is 2.29. The number of amides is 2. The Morgan fingerprint density at radius 2 is 1.89 bits per heavy atom. The number of nitrogens with zero attached hydrogens (tertiary/aromatic N) is 1. The Labute approximate surface area is 153 Å². The third kappa shape index (κ3) is 6.28. The minimum atomic E-state index is -4.41. The highest BCUT2D eigenvalue weighted by Gasteiger charge is 2.29. The van der Waals surface area contributed by atoms with Crippen molar-refractivity contribution >= 4 is 12.0 Å². The summed E-state index contributed by atoms with van der Waals surface area (Å²) < 4.78 is 42.3. The Morgan fingerprint density at radius 1 is 1.19 bits per heavy atom. The number of methoxy groups -OCH3 is 1. The third-order valence-electron chi connectivity index (χ3n) is 3.72. The summed E-state index contributed by atoms with van der Waals surface area (Å²) in [6.07, 6.45) is -1.42. The van der Waals surface area contributed by atoms with E-state index in [0.29, 0.717) is 11.1 Å². The lowest BCUT2D eigenvalue weighted by molar-refractivity contribution is -0.141. The number of urea groups is 1. The highest BCUT2D eigenvalue weighted by Crippen LogP contribution is 2.29. The van der Waals surface area contributed by atoms with Gasteiger partial charge in [0.1, 0.15) is 0 Å². The van der Waals surface area contributed by atoms with Gasteiger partial charge in [0.05, 0.1) is 25.1 Å². The summed E-state index contributed by atoms with van der Waals surface area (Å²) in [5.74, 6) is -0.508. The van der Waals surface area contributed by atoms with E-state index in [0.717, 1.165) is 12.1 Å². The van der Waals surface area contributed by atoms with Crippen LogP contribution in [0.5, 0.6) is 0 Å². The van der Waals surface area contributed by atoms with Gasteiger partial charge in [-0.15, -0.1) is 0 Å². The van der Waals surface area contributed by atoms with Gasteiger partial charge in [0.25, 0.3) is 0 Å². The van der Waals surface area contributed by atoms with E-state index in [1.54, 1.807) is 18.3 Å². The van der Waals surface area contributed by atoms with Gasteiger partial charge in [-0.1, -0.05) is 18.2 Å². The van der Waals surface area contributed by atoms with Gasteiger partial charge in [-0.3, -0.25) is 9.78 Å². The molecule has 0 saturated heterocycles. The number of esters is 1. The Morgan fingerprint density at radius 3 is 2.44 bits per heavy atom. The Bertz CT molecular complexity index is 765. The smallest absolute Gasteiger partial charge is 0.416 e. The molecule has 2 N–H and O–H groups in total. The van der Waals surface area contributed by atoms with E-state index in [1.165, 1.54) is 25.4 Å². The molecule has 1 unspecified atom stereocenters. The van der Waals surface area contributed by atoms with Gasteiger partial charge in [-0.2, -0.15) is 13.2 Å².